The number of nitrogens with zero attached hydrogens (tertiary/aromatic N) is 3. The zero-order valence-corrected chi connectivity index (χ0v) is 33.9. The standard InChI is InChI=1S/C58H35N3O2/c1-5-13-36(14-6-1)39-21-25-52-44(29-39)45-30-40(22-26-53(45)61(52)43-19-11-4-12-20-43)41-23-27-54-46(31-41)48-33-57-49(34-56(48)62-54)47-32-42(24-28-55(47)63-57)58-59-50(37-15-7-2-8-16-37)35-51(60-58)38-17-9-3-10-18-38/h1-35H. The Bertz CT molecular complexity index is 3830. The molecule has 0 aliphatic rings. The van der Waals surface area contributed by atoms with Crippen LogP contribution in [0.25, 0.3) is 128 Å². The summed E-state index contributed by atoms with van der Waals surface area (Å²) in [6.45, 7) is 0. The lowest BCUT2D eigenvalue weighted by Crippen LogP contribution is -1.95. The van der Waals surface area contributed by atoms with Gasteiger partial charge in [-0.3, -0.25) is 0 Å². The minimum absolute atomic E-state index is 0.656. The Morgan fingerprint density at radius 2 is 0.683 bits per heavy atom. The minimum Gasteiger partial charge on any atom is -0.456 e. The van der Waals surface area contributed by atoms with Gasteiger partial charge in [-0.15, -0.1) is 0 Å². The number of rotatable bonds is 6. The van der Waals surface area contributed by atoms with Gasteiger partial charge in [0.05, 0.1) is 22.4 Å². The van der Waals surface area contributed by atoms with E-state index in [-0.39, 0.29) is 0 Å². The molecule has 0 radical (unpaired) electrons. The summed E-state index contributed by atoms with van der Waals surface area (Å²) >= 11 is 0. The van der Waals surface area contributed by atoms with Gasteiger partial charge in [-0.05, 0) is 107 Å². The van der Waals surface area contributed by atoms with Crippen molar-refractivity contribution in [1.29, 1.82) is 0 Å². The number of hydrogen-bond donors (Lipinski definition) is 0. The molecule has 9 aromatic carbocycles. The normalized spacial score (nSPS) is 11.8. The Labute approximate surface area is 361 Å². The van der Waals surface area contributed by atoms with Crippen LogP contribution in [0.5, 0.6) is 0 Å². The fraction of sp³-hybridized carbons (Fsp3) is 0. The molecule has 13 aromatic rings. The van der Waals surface area contributed by atoms with Crippen LogP contribution in [-0.4, -0.2) is 14.5 Å². The summed E-state index contributed by atoms with van der Waals surface area (Å²) in [5, 5.41) is 6.45. The van der Waals surface area contributed by atoms with Crippen LogP contribution >= 0.6 is 0 Å². The molecule has 0 bridgehead atoms. The summed E-state index contributed by atoms with van der Waals surface area (Å²) in [6, 6.07) is 74.4. The predicted octanol–water partition coefficient (Wildman–Crippen LogP) is 15.7. The van der Waals surface area contributed by atoms with Crippen LogP contribution in [0.1, 0.15) is 0 Å². The molecule has 0 unspecified atom stereocenters. The lowest BCUT2D eigenvalue weighted by molar-refractivity contribution is 0.664. The molecule has 0 aliphatic carbocycles. The number of hydrogen-bond acceptors (Lipinski definition) is 4. The van der Waals surface area contributed by atoms with Gasteiger partial charge in [-0.25, -0.2) is 9.97 Å². The summed E-state index contributed by atoms with van der Waals surface area (Å²) in [4.78, 5) is 10.2. The maximum atomic E-state index is 6.58. The molecule has 0 N–H and O–H groups in total. The van der Waals surface area contributed by atoms with Gasteiger partial charge in [-0.2, -0.15) is 0 Å². The zero-order valence-electron chi connectivity index (χ0n) is 33.9. The number of furan rings is 2. The highest BCUT2D eigenvalue weighted by molar-refractivity contribution is 6.16. The lowest BCUT2D eigenvalue weighted by atomic mass is 9.99. The molecular weight excluding hydrogens is 771 g/mol. The van der Waals surface area contributed by atoms with Crippen molar-refractivity contribution in [3.8, 4) is 61.8 Å². The van der Waals surface area contributed by atoms with Crippen LogP contribution in [0.4, 0.5) is 0 Å². The summed E-state index contributed by atoms with van der Waals surface area (Å²) in [7, 11) is 0. The topological polar surface area (TPSA) is 57.0 Å². The molecular formula is C58H35N3O2. The number of fused-ring (bicyclic) bond motifs is 9. The van der Waals surface area contributed by atoms with E-state index in [4.69, 9.17) is 18.8 Å². The molecule has 0 fully saturated rings. The minimum atomic E-state index is 0.656. The van der Waals surface area contributed by atoms with Crippen LogP contribution in [-0.2, 0) is 0 Å². The Hall–Kier alpha value is -8.54. The van der Waals surface area contributed by atoms with E-state index >= 15 is 0 Å². The van der Waals surface area contributed by atoms with Crippen molar-refractivity contribution in [2.45, 2.75) is 0 Å². The van der Waals surface area contributed by atoms with Crippen LogP contribution < -0.4 is 0 Å². The lowest BCUT2D eigenvalue weighted by Gasteiger charge is -2.09. The highest BCUT2D eigenvalue weighted by Gasteiger charge is 2.19. The van der Waals surface area contributed by atoms with Crippen molar-refractivity contribution in [3.63, 3.8) is 0 Å². The highest BCUT2D eigenvalue weighted by Crippen LogP contribution is 2.41. The Morgan fingerprint density at radius 1 is 0.286 bits per heavy atom. The summed E-state index contributed by atoms with van der Waals surface area (Å²) in [6.07, 6.45) is 0. The molecule has 0 spiro atoms. The first-order chi connectivity index (χ1) is 31.2. The Kier molecular flexibility index (Phi) is 7.84. The molecule has 0 saturated heterocycles. The van der Waals surface area contributed by atoms with E-state index in [0.717, 1.165) is 88.8 Å². The van der Waals surface area contributed by atoms with Crippen molar-refractivity contribution in [1.82, 2.24) is 14.5 Å². The first-order valence-electron chi connectivity index (χ1n) is 21.2. The van der Waals surface area contributed by atoms with E-state index < -0.39 is 0 Å². The second-order valence-electron chi connectivity index (χ2n) is 16.2. The Morgan fingerprint density at radius 3 is 1.21 bits per heavy atom. The van der Waals surface area contributed by atoms with Gasteiger partial charge in [0.2, 0.25) is 0 Å². The molecule has 0 aliphatic heterocycles. The van der Waals surface area contributed by atoms with Crippen molar-refractivity contribution < 1.29 is 8.83 Å². The SMILES string of the molecule is c1ccc(-c2ccc3c(c2)c2cc(-c4ccc5oc6cc7c(cc6c5c4)oc4ccc(-c5nc(-c6ccccc6)cc(-c6ccccc6)n5)cc47)ccc2n3-c2ccccc2)cc1. The molecule has 4 aromatic heterocycles. The quantitative estimate of drug-likeness (QED) is 0.168. The van der Waals surface area contributed by atoms with E-state index in [0.29, 0.717) is 5.82 Å². The summed E-state index contributed by atoms with van der Waals surface area (Å²) in [5.41, 5.74) is 16.1. The highest BCUT2D eigenvalue weighted by atomic mass is 16.3. The van der Waals surface area contributed by atoms with Crippen molar-refractivity contribution in [2.75, 3.05) is 0 Å². The third kappa shape index (κ3) is 5.86. The van der Waals surface area contributed by atoms with E-state index in [9.17, 15) is 0 Å². The fourth-order valence-electron chi connectivity index (χ4n) is 9.32. The van der Waals surface area contributed by atoms with Gasteiger partial charge in [0, 0.05) is 54.7 Å². The van der Waals surface area contributed by atoms with Crippen LogP contribution in [0, 0.1) is 0 Å². The maximum Gasteiger partial charge on any atom is 0.160 e. The predicted molar refractivity (Wildman–Crippen MR) is 258 cm³/mol. The fourth-order valence-corrected chi connectivity index (χ4v) is 9.32. The summed E-state index contributed by atoms with van der Waals surface area (Å²) in [5.74, 6) is 0.656. The second kappa shape index (κ2) is 14.0. The molecule has 4 heterocycles. The van der Waals surface area contributed by atoms with Crippen LogP contribution in [0.2, 0.25) is 0 Å². The van der Waals surface area contributed by atoms with Crippen molar-refractivity contribution >= 4 is 65.7 Å². The number of para-hydroxylation sites is 1. The van der Waals surface area contributed by atoms with Crippen LogP contribution in [0.3, 0.4) is 0 Å². The molecule has 13 rings (SSSR count). The maximum absolute atomic E-state index is 6.58. The first kappa shape index (κ1) is 35.2. The van der Waals surface area contributed by atoms with Gasteiger partial charge in [0.15, 0.2) is 5.82 Å². The van der Waals surface area contributed by atoms with Gasteiger partial charge in [0.1, 0.15) is 22.3 Å². The zero-order chi connectivity index (χ0) is 41.4. The second-order valence-corrected chi connectivity index (χ2v) is 16.2. The van der Waals surface area contributed by atoms with E-state index in [1.54, 1.807) is 0 Å². The summed E-state index contributed by atoms with van der Waals surface area (Å²) < 4.78 is 15.5. The first-order valence-corrected chi connectivity index (χ1v) is 21.2. The molecule has 5 nitrogen and oxygen atoms in total. The molecule has 63 heavy (non-hydrogen) atoms. The average Bonchev–Trinajstić information content (AvgIpc) is 4.01. The number of aromatic nitrogens is 3. The van der Waals surface area contributed by atoms with Crippen molar-refractivity contribution in [3.05, 3.63) is 212 Å². The van der Waals surface area contributed by atoms with Gasteiger partial charge >= 0.3 is 0 Å². The largest absolute Gasteiger partial charge is 0.456 e. The van der Waals surface area contributed by atoms with Crippen LogP contribution in [0.15, 0.2) is 221 Å². The molecule has 5 heteroatoms. The third-order valence-corrected chi connectivity index (χ3v) is 12.4. The van der Waals surface area contributed by atoms with Gasteiger partial charge < -0.3 is 13.4 Å². The third-order valence-electron chi connectivity index (χ3n) is 12.4. The molecule has 0 saturated carbocycles. The van der Waals surface area contributed by atoms with E-state index in [1.807, 2.05) is 48.5 Å². The van der Waals surface area contributed by atoms with Gasteiger partial charge in [0.25, 0.3) is 0 Å². The average molecular weight is 806 g/mol. The Balaban J connectivity index is 0.925. The van der Waals surface area contributed by atoms with Crippen molar-refractivity contribution in [2.24, 2.45) is 0 Å². The molecule has 294 valence electrons. The molecule has 0 amide bonds. The monoisotopic (exact) mass is 805 g/mol. The number of benzene rings is 9. The smallest absolute Gasteiger partial charge is 0.160 e. The van der Waals surface area contributed by atoms with E-state index in [2.05, 4.69) is 168 Å². The van der Waals surface area contributed by atoms with E-state index in [1.165, 1.54) is 32.9 Å². The molecule has 0 atom stereocenters. The van der Waals surface area contributed by atoms with Gasteiger partial charge in [-0.1, -0.05) is 127 Å².